The molecule has 200 valence electrons. The van der Waals surface area contributed by atoms with Crippen LogP contribution in [0.4, 0.5) is 5.69 Å². The van der Waals surface area contributed by atoms with Gasteiger partial charge in [0.1, 0.15) is 11.5 Å². The molecule has 0 amide bonds. The summed E-state index contributed by atoms with van der Waals surface area (Å²) in [5.41, 5.74) is 1.88. The Labute approximate surface area is 275 Å². The van der Waals surface area contributed by atoms with Crippen LogP contribution in [0.1, 0.15) is 15.9 Å². The maximum absolute atomic E-state index is 14.1. The van der Waals surface area contributed by atoms with Crippen molar-refractivity contribution in [1.82, 2.24) is 4.98 Å². The monoisotopic (exact) mass is 586 g/mol. The summed E-state index contributed by atoms with van der Waals surface area (Å²) in [7, 11) is 2.09. The number of nitrogens with one attached hydrogen (secondary N) is 2. The molecule has 0 spiro atoms. The van der Waals surface area contributed by atoms with Crippen molar-refractivity contribution in [3.8, 4) is 40.0 Å². The third kappa shape index (κ3) is 6.99. The molecule has 1 heterocycles. The molecule has 0 fully saturated rings. The summed E-state index contributed by atoms with van der Waals surface area (Å²) >= 11 is 0. The number of aromatic nitrogens is 1. The number of rotatable bonds is 10. The molecular weight excluding hydrogens is 561 g/mol. The number of fused-ring (bicyclic) bond motifs is 1. The third-order valence-corrected chi connectivity index (χ3v) is 6.42. The minimum absolute atomic E-state index is 0. The first-order valence-electron chi connectivity index (χ1n) is 11.2. The van der Waals surface area contributed by atoms with E-state index in [-0.39, 0.29) is 81.9 Å². The molecule has 4 rings (SSSR count). The van der Waals surface area contributed by atoms with Crippen LogP contribution in [-0.2, 0) is 4.57 Å². The van der Waals surface area contributed by atoms with E-state index in [1.165, 1.54) is 47.7 Å². The van der Waals surface area contributed by atoms with Gasteiger partial charge in [-0.3, -0.25) is 4.79 Å². The number of hydrogen-bond donors (Lipinski definition) is 2. The summed E-state index contributed by atoms with van der Waals surface area (Å²) in [5.74, 6) is 1.26. The second kappa shape index (κ2) is 14.1. The quantitative estimate of drug-likeness (QED) is 0.115. The van der Waals surface area contributed by atoms with E-state index in [0.29, 0.717) is 50.7 Å². The topological polar surface area (TPSA) is 154 Å². The van der Waals surface area contributed by atoms with E-state index < -0.39 is 7.75 Å². The van der Waals surface area contributed by atoms with Crippen molar-refractivity contribution in [1.29, 1.82) is 0 Å². The second-order valence-electron chi connectivity index (χ2n) is 8.05. The number of aromatic amines is 1. The molecule has 0 unspecified atom stereocenters. The molecule has 0 saturated heterocycles. The van der Waals surface area contributed by atoms with Gasteiger partial charge >= 0.3 is 59.1 Å². The van der Waals surface area contributed by atoms with Crippen LogP contribution in [0.15, 0.2) is 48.5 Å². The number of H-pyrrole nitrogens is 1. The van der Waals surface area contributed by atoms with Gasteiger partial charge in [0.2, 0.25) is 5.75 Å². The van der Waals surface area contributed by atoms with Gasteiger partial charge in [0.15, 0.2) is 17.3 Å². The molecule has 0 aliphatic rings. The van der Waals surface area contributed by atoms with Crippen LogP contribution < -0.4 is 97.7 Å². The molecule has 0 aliphatic carbocycles. The molecule has 0 radical (unpaired) electrons. The predicted molar refractivity (Wildman–Crippen MR) is 138 cm³/mol. The Hall–Kier alpha value is -2.18. The normalized spacial score (nSPS) is 10.7. The van der Waals surface area contributed by atoms with E-state index in [9.17, 15) is 19.1 Å². The largest absolute Gasteiger partial charge is 1.00 e. The fourth-order valence-electron chi connectivity index (χ4n) is 4.21. The SMILES string of the molecule is COc1ccc2c(C(=O)c3cc(OC)c(OC)c(OC)c3)c(-c3ccc(OC)c(NP(=O)([O-])[O-])c3)[nH]c2c1.[Na+].[Na+]. The molecule has 0 aliphatic heterocycles. The minimum Gasteiger partial charge on any atom is -0.795 e. The molecular formula is C26H25N2Na2O9P. The number of ether oxygens (including phenoxy) is 5. The fraction of sp³-hybridized carbons (Fsp3) is 0.192. The van der Waals surface area contributed by atoms with E-state index in [1.807, 2.05) is 5.09 Å². The van der Waals surface area contributed by atoms with Crippen LogP contribution >= 0.6 is 7.75 Å². The fourth-order valence-corrected chi connectivity index (χ4v) is 4.68. The molecule has 0 bridgehead atoms. The first-order chi connectivity index (χ1) is 18.1. The smallest absolute Gasteiger partial charge is 0.795 e. The Bertz CT molecular complexity index is 1540. The third-order valence-electron chi connectivity index (χ3n) is 5.91. The van der Waals surface area contributed by atoms with Gasteiger partial charge in [0, 0.05) is 30.3 Å². The van der Waals surface area contributed by atoms with Crippen LogP contribution in [0.25, 0.3) is 22.2 Å². The van der Waals surface area contributed by atoms with Crippen molar-refractivity contribution >= 4 is 30.1 Å². The van der Waals surface area contributed by atoms with Gasteiger partial charge in [-0.15, -0.1) is 0 Å². The zero-order valence-electron chi connectivity index (χ0n) is 23.2. The minimum atomic E-state index is -5.15. The number of ketones is 1. The van der Waals surface area contributed by atoms with Gasteiger partial charge in [-0.1, -0.05) is 0 Å². The van der Waals surface area contributed by atoms with Crippen molar-refractivity contribution in [2.24, 2.45) is 0 Å². The maximum Gasteiger partial charge on any atom is 1.00 e. The predicted octanol–water partition coefficient (Wildman–Crippen LogP) is -2.64. The number of methoxy groups -OCH3 is 5. The molecule has 0 atom stereocenters. The summed E-state index contributed by atoms with van der Waals surface area (Å²) in [4.78, 5) is 40.2. The number of anilines is 1. The van der Waals surface area contributed by atoms with Crippen molar-refractivity contribution in [2.45, 2.75) is 0 Å². The van der Waals surface area contributed by atoms with Crippen LogP contribution in [-0.4, -0.2) is 46.3 Å². The zero-order valence-corrected chi connectivity index (χ0v) is 28.1. The molecule has 1 aromatic heterocycles. The van der Waals surface area contributed by atoms with Crippen molar-refractivity contribution < 1.29 is 102 Å². The molecule has 14 heteroatoms. The number of carbonyl (C=O) groups is 1. The molecule has 11 nitrogen and oxygen atoms in total. The number of carbonyl (C=O) groups excluding carboxylic acids is 1. The Morgan fingerprint density at radius 2 is 1.43 bits per heavy atom. The number of benzene rings is 3. The summed E-state index contributed by atoms with van der Waals surface area (Å²) in [6.45, 7) is 0. The number of hydrogen-bond acceptors (Lipinski definition) is 9. The summed E-state index contributed by atoms with van der Waals surface area (Å²) in [6.07, 6.45) is 0. The van der Waals surface area contributed by atoms with E-state index in [4.69, 9.17) is 23.7 Å². The van der Waals surface area contributed by atoms with Crippen molar-refractivity contribution in [3.63, 3.8) is 0 Å². The molecule has 4 aromatic rings. The van der Waals surface area contributed by atoms with Gasteiger partial charge in [-0.25, -0.2) is 0 Å². The van der Waals surface area contributed by atoms with E-state index in [2.05, 4.69) is 4.98 Å². The Kier molecular flexibility index (Phi) is 12.0. The van der Waals surface area contributed by atoms with Gasteiger partial charge in [0.25, 0.3) is 0 Å². The van der Waals surface area contributed by atoms with Crippen LogP contribution in [0.2, 0.25) is 0 Å². The molecule has 40 heavy (non-hydrogen) atoms. The van der Waals surface area contributed by atoms with Crippen molar-refractivity contribution in [3.05, 3.63) is 59.7 Å². The first-order valence-corrected chi connectivity index (χ1v) is 12.7. The van der Waals surface area contributed by atoms with Crippen LogP contribution in [0.3, 0.4) is 0 Å². The van der Waals surface area contributed by atoms with Gasteiger partial charge in [-0.05, 0) is 42.5 Å². The second-order valence-corrected chi connectivity index (χ2v) is 9.27. The van der Waals surface area contributed by atoms with E-state index in [1.54, 1.807) is 36.4 Å². The van der Waals surface area contributed by atoms with E-state index in [0.717, 1.165) is 0 Å². The maximum atomic E-state index is 14.1. The van der Waals surface area contributed by atoms with Gasteiger partial charge in [-0.2, -0.15) is 0 Å². The average Bonchev–Trinajstić information content (AvgIpc) is 3.29. The summed E-state index contributed by atoms with van der Waals surface area (Å²) in [6, 6.07) is 12.8. The van der Waals surface area contributed by atoms with Gasteiger partial charge < -0.3 is 48.1 Å². The van der Waals surface area contributed by atoms with Crippen molar-refractivity contribution in [2.75, 3.05) is 40.6 Å². The van der Waals surface area contributed by atoms with E-state index >= 15 is 0 Å². The Morgan fingerprint density at radius 3 is 1.95 bits per heavy atom. The summed E-state index contributed by atoms with van der Waals surface area (Å²) in [5, 5.41) is 2.53. The standard InChI is InChI=1S/C26H27N2O9P.2Na/c1-33-16-7-8-17-18(13-16)27-24(14-6-9-20(34-2)19(10-14)28-38(30,31)32)23(17)25(29)15-11-21(35-3)26(37-5)22(12-15)36-4;;/h6-13,27H,1-5H3,(H3,28,30,31,32);;/q;2*+1/p-2. The average molecular weight is 586 g/mol. The zero-order chi connectivity index (χ0) is 27.6. The van der Waals surface area contributed by atoms with Crippen LogP contribution in [0, 0.1) is 0 Å². The van der Waals surface area contributed by atoms with Crippen LogP contribution in [0.5, 0.6) is 28.7 Å². The summed E-state index contributed by atoms with van der Waals surface area (Å²) < 4.78 is 38.2. The Morgan fingerprint density at radius 1 is 0.800 bits per heavy atom. The molecule has 3 aromatic carbocycles. The van der Waals surface area contributed by atoms with Gasteiger partial charge in [0.05, 0.1) is 58.0 Å². The first kappa shape index (κ1) is 34.0. The molecule has 2 N–H and O–H groups in total. The Balaban J connectivity index is 0.00000280. The molecule has 0 saturated carbocycles.